The average molecular weight is 335 g/mol. The topological polar surface area (TPSA) is 60.1 Å². The highest BCUT2D eigenvalue weighted by Crippen LogP contribution is 2.47. The molecule has 0 unspecified atom stereocenters. The van der Waals surface area contributed by atoms with Crippen molar-refractivity contribution in [3.63, 3.8) is 0 Å². The second-order valence-electron chi connectivity index (χ2n) is 6.65. The number of benzene rings is 1. The number of rotatable bonds is 5. The zero-order chi connectivity index (χ0) is 17.4. The van der Waals surface area contributed by atoms with Crippen LogP contribution in [0.2, 0.25) is 0 Å². The predicted octanol–water partition coefficient (Wildman–Crippen LogP) is 3.50. The SMILES string of the molecule is Cc1cc(C)n(-c2ccccc2CNC(=O)[C@H]2C[C@H]2c2ccco2)n1. The predicted molar refractivity (Wildman–Crippen MR) is 94.4 cm³/mol. The number of para-hydroxylation sites is 1. The van der Waals surface area contributed by atoms with Crippen molar-refractivity contribution in [1.29, 1.82) is 0 Å². The summed E-state index contributed by atoms with van der Waals surface area (Å²) in [5.74, 6) is 1.24. The first-order valence-corrected chi connectivity index (χ1v) is 8.56. The molecule has 2 aromatic heterocycles. The summed E-state index contributed by atoms with van der Waals surface area (Å²) in [6.45, 7) is 4.51. The lowest BCUT2D eigenvalue weighted by Gasteiger charge is -2.12. The van der Waals surface area contributed by atoms with E-state index in [0.717, 1.165) is 34.8 Å². The molecule has 5 nitrogen and oxygen atoms in total. The number of carbonyl (C=O) groups is 1. The van der Waals surface area contributed by atoms with Gasteiger partial charge >= 0.3 is 0 Å². The molecule has 1 N–H and O–H groups in total. The number of aryl methyl sites for hydroxylation is 2. The smallest absolute Gasteiger partial charge is 0.224 e. The molecule has 1 aromatic carbocycles. The largest absolute Gasteiger partial charge is 0.469 e. The van der Waals surface area contributed by atoms with Gasteiger partial charge in [-0.25, -0.2) is 4.68 Å². The highest BCUT2D eigenvalue weighted by Gasteiger charge is 2.45. The highest BCUT2D eigenvalue weighted by atomic mass is 16.3. The van der Waals surface area contributed by atoms with Crippen molar-refractivity contribution >= 4 is 5.91 Å². The van der Waals surface area contributed by atoms with Crippen LogP contribution < -0.4 is 5.32 Å². The Balaban J connectivity index is 1.45. The molecule has 5 heteroatoms. The Morgan fingerprint density at radius 1 is 1.28 bits per heavy atom. The summed E-state index contributed by atoms with van der Waals surface area (Å²) in [6, 6.07) is 13.9. The van der Waals surface area contributed by atoms with Crippen molar-refractivity contribution in [3.8, 4) is 5.69 Å². The van der Waals surface area contributed by atoms with Crippen LogP contribution in [0.1, 0.15) is 35.1 Å². The lowest BCUT2D eigenvalue weighted by atomic mass is 10.1. The third-order valence-corrected chi connectivity index (χ3v) is 4.72. The zero-order valence-electron chi connectivity index (χ0n) is 14.4. The van der Waals surface area contributed by atoms with Crippen LogP contribution in [0.5, 0.6) is 0 Å². The molecule has 1 aliphatic rings. The van der Waals surface area contributed by atoms with Crippen LogP contribution in [0.15, 0.2) is 53.1 Å². The molecule has 0 aliphatic heterocycles. The van der Waals surface area contributed by atoms with Crippen LogP contribution >= 0.6 is 0 Å². The van der Waals surface area contributed by atoms with Gasteiger partial charge in [-0.15, -0.1) is 0 Å². The Morgan fingerprint density at radius 2 is 2.12 bits per heavy atom. The van der Waals surface area contributed by atoms with E-state index >= 15 is 0 Å². The van der Waals surface area contributed by atoms with Crippen LogP contribution in [0.4, 0.5) is 0 Å². The van der Waals surface area contributed by atoms with Crippen LogP contribution in [0, 0.1) is 19.8 Å². The third kappa shape index (κ3) is 3.09. The molecule has 0 spiro atoms. The van der Waals surface area contributed by atoms with Crippen molar-refractivity contribution in [2.24, 2.45) is 5.92 Å². The first-order chi connectivity index (χ1) is 12.1. The van der Waals surface area contributed by atoms with E-state index in [9.17, 15) is 4.79 Å². The van der Waals surface area contributed by atoms with Gasteiger partial charge in [0.05, 0.1) is 17.6 Å². The van der Waals surface area contributed by atoms with Crippen molar-refractivity contribution in [2.45, 2.75) is 32.7 Å². The molecule has 2 heterocycles. The monoisotopic (exact) mass is 335 g/mol. The summed E-state index contributed by atoms with van der Waals surface area (Å²) in [6.07, 6.45) is 2.52. The van der Waals surface area contributed by atoms with Crippen LogP contribution in [0.25, 0.3) is 5.69 Å². The quantitative estimate of drug-likeness (QED) is 0.776. The zero-order valence-corrected chi connectivity index (χ0v) is 14.4. The van der Waals surface area contributed by atoms with Crippen LogP contribution in [0.3, 0.4) is 0 Å². The Morgan fingerprint density at radius 3 is 2.84 bits per heavy atom. The molecule has 1 amide bonds. The van der Waals surface area contributed by atoms with Gasteiger partial charge in [-0.1, -0.05) is 18.2 Å². The minimum atomic E-state index is 0.0204. The molecule has 0 radical (unpaired) electrons. The van der Waals surface area contributed by atoms with Gasteiger partial charge in [-0.2, -0.15) is 5.10 Å². The van der Waals surface area contributed by atoms with Crippen molar-refractivity contribution in [1.82, 2.24) is 15.1 Å². The second kappa shape index (κ2) is 6.24. The van der Waals surface area contributed by atoms with Gasteiger partial charge in [0, 0.05) is 24.1 Å². The van der Waals surface area contributed by atoms with E-state index in [0.29, 0.717) is 6.54 Å². The molecular weight excluding hydrogens is 314 g/mol. The van der Waals surface area contributed by atoms with Crippen LogP contribution in [-0.2, 0) is 11.3 Å². The van der Waals surface area contributed by atoms with Crippen molar-refractivity contribution < 1.29 is 9.21 Å². The fourth-order valence-corrected chi connectivity index (χ4v) is 3.35. The van der Waals surface area contributed by atoms with E-state index in [1.165, 1.54) is 0 Å². The standard InChI is InChI=1S/C20H21N3O2/c1-13-10-14(2)23(22-13)18-7-4-3-6-15(18)12-21-20(24)17-11-16(17)19-8-5-9-25-19/h3-10,16-17H,11-12H2,1-2H3,(H,21,24)/t16-,17+/m1/s1. The van der Waals surface area contributed by atoms with E-state index < -0.39 is 0 Å². The van der Waals surface area contributed by atoms with E-state index in [4.69, 9.17) is 4.42 Å². The molecular formula is C20H21N3O2. The van der Waals surface area contributed by atoms with Gasteiger partial charge in [0.25, 0.3) is 0 Å². The summed E-state index contributed by atoms with van der Waals surface area (Å²) < 4.78 is 7.33. The summed E-state index contributed by atoms with van der Waals surface area (Å²) >= 11 is 0. The van der Waals surface area contributed by atoms with Gasteiger partial charge in [0.15, 0.2) is 0 Å². The summed E-state index contributed by atoms with van der Waals surface area (Å²) in [4.78, 5) is 12.4. The third-order valence-electron chi connectivity index (χ3n) is 4.72. The summed E-state index contributed by atoms with van der Waals surface area (Å²) in [7, 11) is 0. The molecule has 4 rings (SSSR count). The normalized spacial score (nSPS) is 19.0. The number of nitrogens with one attached hydrogen (secondary N) is 1. The van der Waals surface area contributed by atoms with E-state index in [-0.39, 0.29) is 17.7 Å². The molecule has 0 saturated heterocycles. The number of hydrogen-bond acceptors (Lipinski definition) is 3. The lowest BCUT2D eigenvalue weighted by molar-refractivity contribution is -0.122. The molecule has 3 aromatic rings. The Hall–Kier alpha value is -2.82. The number of amides is 1. The number of furan rings is 1. The molecule has 1 fully saturated rings. The van der Waals surface area contributed by atoms with E-state index in [2.05, 4.69) is 10.4 Å². The summed E-state index contributed by atoms with van der Waals surface area (Å²) in [5.41, 5.74) is 4.12. The van der Waals surface area contributed by atoms with Gasteiger partial charge in [0.1, 0.15) is 5.76 Å². The first-order valence-electron chi connectivity index (χ1n) is 8.56. The molecule has 128 valence electrons. The lowest BCUT2D eigenvalue weighted by Crippen LogP contribution is -2.25. The van der Waals surface area contributed by atoms with Gasteiger partial charge < -0.3 is 9.73 Å². The van der Waals surface area contributed by atoms with E-state index in [1.54, 1.807) is 6.26 Å². The van der Waals surface area contributed by atoms with Gasteiger partial charge in [-0.05, 0) is 50.1 Å². The van der Waals surface area contributed by atoms with E-state index in [1.807, 2.05) is 61.0 Å². The maximum atomic E-state index is 12.4. The molecule has 2 atom stereocenters. The molecule has 0 bridgehead atoms. The highest BCUT2D eigenvalue weighted by molar-refractivity contribution is 5.82. The maximum Gasteiger partial charge on any atom is 0.224 e. The minimum Gasteiger partial charge on any atom is -0.469 e. The number of carbonyl (C=O) groups excluding carboxylic acids is 1. The number of hydrogen-bond donors (Lipinski definition) is 1. The summed E-state index contributed by atoms with van der Waals surface area (Å²) in [5, 5.41) is 7.62. The Kier molecular flexibility index (Phi) is 3.92. The number of nitrogens with zero attached hydrogens (tertiary/aromatic N) is 2. The molecule has 1 saturated carbocycles. The maximum absolute atomic E-state index is 12.4. The molecule has 25 heavy (non-hydrogen) atoms. The first kappa shape index (κ1) is 15.7. The fraction of sp³-hybridized carbons (Fsp3) is 0.300. The van der Waals surface area contributed by atoms with Crippen LogP contribution in [-0.4, -0.2) is 15.7 Å². The minimum absolute atomic E-state index is 0.0204. The second-order valence-corrected chi connectivity index (χ2v) is 6.65. The average Bonchev–Trinajstić information content (AvgIpc) is 3.06. The van der Waals surface area contributed by atoms with Crippen molar-refractivity contribution in [2.75, 3.05) is 0 Å². The van der Waals surface area contributed by atoms with Crippen molar-refractivity contribution in [3.05, 3.63) is 71.4 Å². The van der Waals surface area contributed by atoms with Gasteiger partial charge in [0.2, 0.25) is 5.91 Å². The van der Waals surface area contributed by atoms with Gasteiger partial charge in [-0.3, -0.25) is 4.79 Å². The fourth-order valence-electron chi connectivity index (χ4n) is 3.35. The Labute approximate surface area is 146 Å². The Bertz CT molecular complexity index is 896. The number of aromatic nitrogens is 2. The molecule has 1 aliphatic carbocycles.